The summed E-state index contributed by atoms with van der Waals surface area (Å²) in [4.78, 5) is 15.1. The van der Waals surface area contributed by atoms with Gasteiger partial charge >= 0.3 is 5.69 Å². The fraction of sp³-hybridized carbons (Fsp3) is 0.727. The smallest absolute Gasteiger partial charge is 0.331 e. The summed E-state index contributed by atoms with van der Waals surface area (Å²) in [5.74, 6) is 0.351. The minimum atomic E-state index is -0.738. The Morgan fingerprint density at radius 2 is 2.43 bits per heavy atom. The number of nitrogens with zero attached hydrogens (tertiary/aromatic N) is 7. The van der Waals surface area contributed by atoms with Crippen LogP contribution in [0.15, 0.2) is 11.3 Å². The van der Waals surface area contributed by atoms with Crippen molar-refractivity contribution in [3.05, 3.63) is 26.8 Å². The molecule has 0 radical (unpaired) electrons. The van der Waals surface area contributed by atoms with Crippen LogP contribution in [0.5, 0.6) is 0 Å². The molecule has 0 aliphatic carbocycles. The molecule has 1 aliphatic heterocycles. The highest BCUT2D eigenvalue weighted by atomic mass is 16.6. The van der Waals surface area contributed by atoms with Gasteiger partial charge in [0.05, 0.1) is 16.6 Å². The summed E-state index contributed by atoms with van der Waals surface area (Å²) in [7, 11) is 1.62. The zero-order chi connectivity index (χ0) is 15.6. The van der Waals surface area contributed by atoms with Crippen LogP contribution in [0.2, 0.25) is 0 Å². The summed E-state index contributed by atoms with van der Waals surface area (Å²) in [6.45, 7) is 2.45. The first-order chi connectivity index (χ1) is 9.86. The molecule has 1 aromatic rings. The van der Waals surface area contributed by atoms with Crippen molar-refractivity contribution >= 4 is 11.5 Å². The standard InChI is InChI=1S/C11H17N7O3/c1-11(14-15-12)3-4-17(7-8(19)5-11)10-9(18(20)21)6-13-16(10)2/h6,8,19H,3-5,7H2,1-2H3. The molecule has 0 spiro atoms. The van der Waals surface area contributed by atoms with E-state index in [1.54, 1.807) is 18.9 Å². The number of aryl methyl sites for hydroxylation is 1. The Morgan fingerprint density at radius 1 is 1.71 bits per heavy atom. The van der Waals surface area contributed by atoms with Gasteiger partial charge in [0.2, 0.25) is 5.82 Å². The minimum absolute atomic E-state index is 0.0999. The molecule has 1 aromatic heterocycles. The van der Waals surface area contributed by atoms with Crippen molar-refractivity contribution in [1.82, 2.24) is 9.78 Å². The Balaban J connectivity index is 2.32. The topological polar surface area (TPSA) is 133 Å². The van der Waals surface area contributed by atoms with Crippen LogP contribution in [-0.2, 0) is 7.05 Å². The van der Waals surface area contributed by atoms with Crippen LogP contribution in [0.1, 0.15) is 19.8 Å². The van der Waals surface area contributed by atoms with E-state index in [1.165, 1.54) is 10.9 Å². The highest BCUT2D eigenvalue weighted by molar-refractivity contribution is 5.57. The van der Waals surface area contributed by atoms with Crippen molar-refractivity contribution in [3.63, 3.8) is 0 Å². The lowest BCUT2D eigenvalue weighted by Gasteiger charge is -2.23. The third-order valence-corrected chi connectivity index (χ3v) is 3.70. The molecule has 10 nitrogen and oxygen atoms in total. The van der Waals surface area contributed by atoms with Crippen LogP contribution < -0.4 is 4.90 Å². The highest BCUT2D eigenvalue weighted by Gasteiger charge is 2.34. The monoisotopic (exact) mass is 295 g/mol. The average molecular weight is 295 g/mol. The Labute approximate surface area is 120 Å². The molecule has 0 amide bonds. The number of anilines is 1. The number of hydrogen-bond donors (Lipinski definition) is 1. The first-order valence-electron chi connectivity index (χ1n) is 6.52. The third kappa shape index (κ3) is 3.06. The van der Waals surface area contributed by atoms with Gasteiger partial charge in [0, 0.05) is 25.0 Å². The number of rotatable bonds is 3. The van der Waals surface area contributed by atoms with Crippen LogP contribution in [0.25, 0.3) is 10.4 Å². The first kappa shape index (κ1) is 15.1. The molecule has 10 heteroatoms. The lowest BCUT2D eigenvalue weighted by molar-refractivity contribution is -0.384. The Morgan fingerprint density at radius 3 is 3.05 bits per heavy atom. The van der Waals surface area contributed by atoms with E-state index in [9.17, 15) is 15.2 Å². The molecule has 1 N–H and O–H groups in total. The van der Waals surface area contributed by atoms with Crippen LogP contribution in [0, 0.1) is 10.1 Å². The molecule has 114 valence electrons. The molecule has 2 heterocycles. The predicted octanol–water partition coefficient (Wildman–Crippen LogP) is 1.36. The Hall–Kier alpha value is -2.32. The predicted molar refractivity (Wildman–Crippen MR) is 74.9 cm³/mol. The molecule has 21 heavy (non-hydrogen) atoms. The van der Waals surface area contributed by atoms with E-state index in [2.05, 4.69) is 15.1 Å². The quantitative estimate of drug-likeness (QED) is 0.295. The van der Waals surface area contributed by atoms with Crippen molar-refractivity contribution in [2.45, 2.75) is 31.4 Å². The fourth-order valence-corrected chi connectivity index (χ4v) is 2.70. The lowest BCUT2D eigenvalue weighted by atomic mass is 9.93. The van der Waals surface area contributed by atoms with Gasteiger partial charge in [-0.3, -0.25) is 10.1 Å². The Kier molecular flexibility index (Phi) is 4.01. The normalized spacial score (nSPS) is 26.0. The zero-order valence-corrected chi connectivity index (χ0v) is 11.9. The van der Waals surface area contributed by atoms with Crippen molar-refractivity contribution in [1.29, 1.82) is 0 Å². The van der Waals surface area contributed by atoms with Gasteiger partial charge in [0.1, 0.15) is 6.20 Å². The van der Waals surface area contributed by atoms with E-state index in [1.807, 2.05) is 0 Å². The zero-order valence-electron chi connectivity index (χ0n) is 11.9. The van der Waals surface area contributed by atoms with Gasteiger partial charge in [0.25, 0.3) is 0 Å². The van der Waals surface area contributed by atoms with Gasteiger partial charge < -0.3 is 10.0 Å². The molecule has 1 saturated heterocycles. The van der Waals surface area contributed by atoms with E-state index >= 15 is 0 Å². The van der Waals surface area contributed by atoms with Crippen molar-refractivity contribution < 1.29 is 10.0 Å². The third-order valence-electron chi connectivity index (χ3n) is 3.70. The van der Waals surface area contributed by atoms with Gasteiger partial charge in [0.15, 0.2) is 0 Å². The van der Waals surface area contributed by atoms with E-state index in [-0.39, 0.29) is 12.2 Å². The molecule has 0 saturated carbocycles. The van der Waals surface area contributed by atoms with Gasteiger partial charge in [-0.05, 0) is 18.4 Å². The lowest BCUT2D eigenvalue weighted by Crippen LogP contribution is -2.32. The molecule has 1 aliphatic rings. The van der Waals surface area contributed by atoms with Gasteiger partial charge in [-0.2, -0.15) is 5.10 Å². The van der Waals surface area contributed by atoms with E-state index < -0.39 is 16.6 Å². The molecular formula is C11H17N7O3. The van der Waals surface area contributed by atoms with Crippen LogP contribution in [-0.4, -0.2) is 44.5 Å². The Bertz CT molecular complexity index is 595. The summed E-state index contributed by atoms with van der Waals surface area (Å²) >= 11 is 0. The number of hydrogen-bond acceptors (Lipinski definition) is 6. The fourth-order valence-electron chi connectivity index (χ4n) is 2.70. The van der Waals surface area contributed by atoms with E-state index in [0.717, 1.165) is 0 Å². The molecular weight excluding hydrogens is 278 g/mol. The van der Waals surface area contributed by atoms with Crippen LogP contribution in [0.4, 0.5) is 11.5 Å². The molecule has 2 unspecified atom stereocenters. The summed E-state index contributed by atoms with van der Waals surface area (Å²) in [6, 6.07) is 0. The van der Waals surface area contributed by atoms with Crippen molar-refractivity contribution in [2.75, 3.05) is 18.0 Å². The number of aliphatic hydroxyl groups is 1. The minimum Gasteiger partial charge on any atom is -0.391 e. The van der Waals surface area contributed by atoms with Crippen molar-refractivity contribution in [3.8, 4) is 0 Å². The van der Waals surface area contributed by atoms with Crippen LogP contribution >= 0.6 is 0 Å². The molecule has 1 fully saturated rings. The maximum absolute atomic E-state index is 11.1. The molecule has 2 rings (SSSR count). The number of nitro groups is 1. The number of aromatic nitrogens is 2. The molecule has 0 aromatic carbocycles. The van der Waals surface area contributed by atoms with E-state index in [4.69, 9.17) is 5.53 Å². The SMILES string of the molecule is Cn1ncc([N+](=O)[O-])c1N1CCC(C)(N=[N+]=[N-])CC(O)C1. The molecule has 2 atom stereocenters. The van der Waals surface area contributed by atoms with Gasteiger partial charge in [-0.25, -0.2) is 4.68 Å². The summed E-state index contributed by atoms with van der Waals surface area (Å²) in [5, 5.41) is 28.9. The van der Waals surface area contributed by atoms with Crippen molar-refractivity contribution in [2.24, 2.45) is 12.2 Å². The number of azide groups is 1. The first-order valence-corrected chi connectivity index (χ1v) is 6.52. The number of aliphatic hydroxyl groups excluding tert-OH is 1. The summed E-state index contributed by atoms with van der Waals surface area (Å²) < 4.78 is 1.42. The maximum Gasteiger partial charge on any atom is 0.331 e. The van der Waals surface area contributed by atoms with Gasteiger partial charge in [-0.1, -0.05) is 12.0 Å². The average Bonchev–Trinajstić information content (AvgIpc) is 2.69. The van der Waals surface area contributed by atoms with Crippen LogP contribution in [0.3, 0.4) is 0 Å². The largest absolute Gasteiger partial charge is 0.391 e. The molecule has 0 bridgehead atoms. The maximum atomic E-state index is 11.1. The number of β-amino-alcohol motifs (C(OH)–C–C–N with tert-alkyl or cyclic N) is 1. The summed E-state index contributed by atoms with van der Waals surface area (Å²) in [5.41, 5.74) is 7.83. The second-order valence-corrected chi connectivity index (χ2v) is 5.47. The second-order valence-electron chi connectivity index (χ2n) is 5.47. The second kappa shape index (κ2) is 5.58. The highest BCUT2D eigenvalue weighted by Crippen LogP contribution is 2.32. The van der Waals surface area contributed by atoms with E-state index in [0.29, 0.717) is 25.2 Å². The summed E-state index contributed by atoms with van der Waals surface area (Å²) in [6.07, 6.45) is 1.27. The van der Waals surface area contributed by atoms with Gasteiger partial charge in [-0.15, -0.1) is 0 Å².